The van der Waals surface area contributed by atoms with E-state index >= 15 is 0 Å². The van der Waals surface area contributed by atoms with E-state index in [0.717, 1.165) is 5.56 Å². The van der Waals surface area contributed by atoms with Crippen molar-refractivity contribution in [1.82, 2.24) is 0 Å². The topological polar surface area (TPSA) is 95.7 Å². The summed E-state index contributed by atoms with van der Waals surface area (Å²) in [4.78, 5) is 11.9. The van der Waals surface area contributed by atoms with Crippen LogP contribution in [-0.2, 0) is 14.8 Å². The zero-order valence-corrected chi connectivity index (χ0v) is 15.3. The number of rotatable bonds is 6. The Morgan fingerprint density at radius 2 is 1.92 bits per heavy atom. The summed E-state index contributed by atoms with van der Waals surface area (Å²) < 4.78 is 33.7. The van der Waals surface area contributed by atoms with E-state index in [9.17, 15) is 13.2 Å². The second-order valence-corrected chi connectivity index (χ2v) is 7.40. The molecule has 2 aromatic carbocycles. The molecule has 6 nitrogen and oxygen atoms in total. The SMILES string of the molecule is Cc1cccc(OCCOC(=O)c2cc(S(N)(=O)=O)ccc2Br)c1. The zero-order chi connectivity index (χ0) is 17.7. The first kappa shape index (κ1) is 18.4. The number of hydrogen-bond acceptors (Lipinski definition) is 5. The number of ether oxygens (including phenoxy) is 2. The van der Waals surface area contributed by atoms with Gasteiger partial charge in [-0.3, -0.25) is 0 Å². The zero-order valence-electron chi connectivity index (χ0n) is 12.9. The molecule has 0 fully saturated rings. The molecule has 0 radical (unpaired) electrons. The maximum Gasteiger partial charge on any atom is 0.339 e. The molecule has 0 saturated heterocycles. The lowest BCUT2D eigenvalue weighted by molar-refractivity contribution is 0.0449. The highest BCUT2D eigenvalue weighted by Crippen LogP contribution is 2.21. The molecule has 2 aromatic rings. The summed E-state index contributed by atoms with van der Waals surface area (Å²) >= 11 is 3.18. The monoisotopic (exact) mass is 413 g/mol. The molecular formula is C16H16BrNO5S. The number of carbonyl (C=O) groups is 1. The number of aryl methyl sites for hydroxylation is 1. The van der Waals surface area contributed by atoms with Crippen LogP contribution in [0.1, 0.15) is 15.9 Å². The lowest BCUT2D eigenvalue weighted by Gasteiger charge is -2.09. The Morgan fingerprint density at radius 3 is 2.58 bits per heavy atom. The van der Waals surface area contributed by atoms with Gasteiger partial charge < -0.3 is 9.47 Å². The summed E-state index contributed by atoms with van der Waals surface area (Å²) in [5, 5.41) is 5.06. The first-order chi connectivity index (χ1) is 11.3. The molecule has 0 atom stereocenters. The van der Waals surface area contributed by atoms with Gasteiger partial charge in [-0.2, -0.15) is 0 Å². The van der Waals surface area contributed by atoms with Gasteiger partial charge in [0, 0.05) is 4.47 Å². The molecule has 0 amide bonds. The van der Waals surface area contributed by atoms with E-state index in [1.54, 1.807) is 6.07 Å². The Hall–Kier alpha value is -1.90. The minimum atomic E-state index is -3.89. The third kappa shape index (κ3) is 5.05. The molecule has 0 bridgehead atoms. The van der Waals surface area contributed by atoms with Crippen LogP contribution in [0.5, 0.6) is 5.75 Å². The summed E-state index contributed by atoms with van der Waals surface area (Å²) in [7, 11) is -3.89. The highest BCUT2D eigenvalue weighted by molar-refractivity contribution is 9.10. The van der Waals surface area contributed by atoms with Crippen molar-refractivity contribution in [3.63, 3.8) is 0 Å². The minimum absolute atomic E-state index is 0.0266. The first-order valence-electron chi connectivity index (χ1n) is 6.96. The minimum Gasteiger partial charge on any atom is -0.490 e. The van der Waals surface area contributed by atoms with Crippen molar-refractivity contribution in [2.45, 2.75) is 11.8 Å². The average Bonchev–Trinajstić information content (AvgIpc) is 2.50. The highest BCUT2D eigenvalue weighted by atomic mass is 79.9. The van der Waals surface area contributed by atoms with Crippen LogP contribution in [0.2, 0.25) is 0 Å². The molecule has 0 spiro atoms. The van der Waals surface area contributed by atoms with Crippen LogP contribution in [0.3, 0.4) is 0 Å². The van der Waals surface area contributed by atoms with Gasteiger partial charge in [0.15, 0.2) is 0 Å². The lowest BCUT2D eigenvalue weighted by Crippen LogP contribution is -2.15. The molecular weight excluding hydrogens is 398 g/mol. The number of carbonyl (C=O) groups excluding carboxylic acids is 1. The lowest BCUT2D eigenvalue weighted by atomic mass is 10.2. The molecule has 0 heterocycles. The van der Waals surface area contributed by atoms with Crippen LogP contribution in [0.15, 0.2) is 51.8 Å². The van der Waals surface area contributed by atoms with Crippen LogP contribution in [0.25, 0.3) is 0 Å². The highest BCUT2D eigenvalue weighted by Gasteiger charge is 2.16. The summed E-state index contributed by atoms with van der Waals surface area (Å²) in [6.07, 6.45) is 0. The number of sulfonamides is 1. The molecule has 0 aliphatic carbocycles. The molecule has 0 aromatic heterocycles. The summed E-state index contributed by atoms with van der Waals surface area (Å²) in [5.74, 6) is 0.0173. The molecule has 8 heteroatoms. The van der Waals surface area contributed by atoms with E-state index < -0.39 is 16.0 Å². The van der Waals surface area contributed by atoms with E-state index in [1.807, 2.05) is 25.1 Å². The molecule has 0 aliphatic heterocycles. The molecule has 2 N–H and O–H groups in total. The number of benzene rings is 2. The van der Waals surface area contributed by atoms with Gasteiger partial charge >= 0.3 is 5.97 Å². The number of halogens is 1. The molecule has 24 heavy (non-hydrogen) atoms. The summed E-state index contributed by atoms with van der Waals surface area (Å²) in [5.41, 5.74) is 1.14. The van der Waals surface area contributed by atoms with Crippen LogP contribution >= 0.6 is 15.9 Å². The van der Waals surface area contributed by atoms with Crippen molar-refractivity contribution in [2.75, 3.05) is 13.2 Å². The van der Waals surface area contributed by atoms with Gasteiger partial charge in [0.1, 0.15) is 19.0 Å². The number of hydrogen-bond donors (Lipinski definition) is 1. The van der Waals surface area contributed by atoms with E-state index in [4.69, 9.17) is 14.6 Å². The second kappa shape index (κ2) is 7.78. The molecule has 0 saturated carbocycles. The maximum absolute atomic E-state index is 12.1. The van der Waals surface area contributed by atoms with Gasteiger partial charge in [-0.05, 0) is 58.7 Å². The van der Waals surface area contributed by atoms with Gasteiger partial charge in [-0.25, -0.2) is 18.4 Å². The van der Waals surface area contributed by atoms with Crippen molar-refractivity contribution in [2.24, 2.45) is 5.14 Å². The summed E-state index contributed by atoms with van der Waals surface area (Å²) in [6, 6.07) is 11.4. The van der Waals surface area contributed by atoms with Crippen molar-refractivity contribution < 1.29 is 22.7 Å². The third-order valence-corrected chi connectivity index (χ3v) is 4.66. The predicted octanol–water partition coefficient (Wildman–Crippen LogP) is 2.64. The average molecular weight is 414 g/mol. The summed E-state index contributed by atoms with van der Waals surface area (Å²) in [6.45, 7) is 2.16. The van der Waals surface area contributed by atoms with Crippen molar-refractivity contribution in [1.29, 1.82) is 0 Å². The van der Waals surface area contributed by atoms with Gasteiger partial charge in [0.05, 0.1) is 10.5 Å². The maximum atomic E-state index is 12.1. The fraction of sp³-hybridized carbons (Fsp3) is 0.188. The van der Waals surface area contributed by atoms with Gasteiger partial charge in [0.2, 0.25) is 10.0 Å². The van der Waals surface area contributed by atoms with Crippen molar-refractivity contribution in [3.8, 4) is 5.75 Å². The van der Waals surface area contributed by atoms with E-state index in [1.165, 1.54) is 18.2 Å². The molecule has 2 rings (SSSR count). The van der Waals surface area contributed by atoms with Crippen LogP contribution < -0.4 is 9.88 Å². The fourth-order valence-electron chi connectivity index (χ4n) is 1.91. The predicted molar refractivity (Wildman–Crippen MR) is 92.5 cm³/mol. The Kier molecular flexibility index (Phi) is 5.98. The number of primary sulfonamides is 1. The fourth-order valence-corrected chi connectivity index (χ4v) is 2.86. The van der Waals surface area contributed by atoms with Gasteiger partial charge in [0.25, 0.3) is 0 Å². The quantitative estimate of drug-likeness (QED) is 0.579. The molecule has 0 aliphatic rings. The standard InChI is InChI=1S/C16H16BrNO5S/c1-11-3-2-4-12(9-11)22-7-8-23-16(19)14-10-13(24(18,20)21)5-6-15(14)17/h2-6,9-10H,7-8H2,1H3,(H2,18,20,21). The molecule has 0 unspecified atom stereocenters. The van der Waals surface area contributed by atoms with E-state index in [-0.39, 0.29) is 23.7 Å². The number of esters is 1. The second-order valence-electron chi connectivity index (χ2n) is 4.99. The smallest absolute Gasteiger partial charge is 0.339 e. The van der Waals surface area contributed by atoms with Crippen molar-refractivity contribution in [3.05, 3.63) is 58.1 Å². The van der Waals surface area contributed by atoms with Crippen molar-refractivity contribution >= 4 is 31.9 Å². The number of nitrogens with two attached hydrogens (primary N) is 1. The molecule has 128 valence electrons. The third-order valence-electron chi connectivity index (χ3n) is 3.06. The Bertz CT molecular complexity index is 851. The normalized spacial score (nSPS) is 11.1. The first-order valence-corrected chi connectivity index (χ1v) is 9.30. The van der Waals surface area contributed by atoms with E-state index in [0.29, 0.717) is 10.2 Å². The van der Waals surface area contributed by atoms with Gasteiger partial charge in [-0.1, -0.05) is 12.1 Å². The largest absolute Gasteiger partial charge is 0.490 e. The van der Waals surface area contributed by atoms with Crippen LogP contribution in [0, 0.1) is 6.92 Å². The van der Waals surface area contributed by atoms with E-state index in [2.05, 4.69) is 15.9 Å². The van der Waals surface area contributed by atoms with Crippen LogP contribution in [-0.4, -0.2) is 27.6 Å². The Morgan fingerprint density at radius 1 is 1.17 bits per heavy atom. The Balaban J connectivity index is 1.95. The Labute approximate surface area is 148 Å². The van der Waals surface area contributed by atoms with Gasteiger partial charge in [-0.15, -0.1) is 0 Å². The van der Waals surface area contributed by atoms with Crippen LogP contribution in [0.4, 0.5) is 0 Å².